The second kappa shape index (κ2) is 18.6. The van der Waals surface area contributed by atoms with Crippen molar-refractivity contribution in [1.29, 1.82) is 0 Å². The molecule has 12 heteroatoms. The summed E-state index contributed by atoms with van der Waals surface area (Å²) >= 11 is 0. The molecule has 298 valence electrons. The minimum absolute atomic E-state index is 0.0184. The Morgan fingerprint density at radius 1 is 1.07 bits per heavy atom. The second-order valence-electron chi connectivity index (χ2n) is 15.0. The SMILES string of the molecule is C=CCOC12Oc3ccc(OC(=O)NCC)cc3C3C(CCCCO)C(CCCCO)C=C(C(=NOCC)CC1N(Cc1ccc(F)cc1)C(=O)C1CC1)C32. The van der Waals surface area contributed by atoms with Crippen LogP contribution in [0.15, 0.2) is 71.9 Å². The molecule has 2 aromatic rings. The van der Waals surface area contributed by atoms with Gasteiger partial charge in [-0.3, -0.25) is 4.79 Å². The summed E-state index contributed by atoms with van der Waals surface area (Å²) in [5, 5.41) is 27.1. The van der Waals surface area contributed by atoms with Gasteiger partial charge in [-0.1, -0.05) is 42.3 Å². The van der Waals surface area contributed by atoms with E-state index in [9.17, 15) is 24.2 Å². The molecule has 6 atom stereocenters. The zero-order valence-corrected chi connectivity index (χ0v) is 32.1. The molecule has 2 saturated carbocycles. The van der Waals surface area contributed by atoms with E-state index in [1.165, 1.54) is 12.1 Å². The predicted molar refractivity (Wildman–Crippen MR) is 206 cm³/mol. The van der Waals surface area contributed by atoms with Crippen molar-refractivity contribution in [3.05, 3.63) is 83.7 Å². The van der Waals surface area contributed by atoms with E-state index < -0.39 is 23.8 Å². The molecule has 0 radical (unpaired) electrons. The zero-order valence-electron chi connectivity index (χ0n) is 32.1. The first kappa shape index (κ1) is 40.4. The highest BCUT2D eigenvalue weighted by Gasteiger charge is 2.66. The Labute approximate surface area is 323 Å². The molecule has 2 fully saturated rings. The van der Waals surface area contributed by atoms with Crippen LogP contribution in [-0.2, 0) is 20.9 Å². The Bertz CT molecular complexity index is 1710. The van der Waals surface area contributed by atoms with Gasteiger partial charge in [-0.25, -0.2) is 9.18 Å². The number of fused-ring (bicyclic) bond motifs is 2. The molecule has 2 aromatic carbocycles. The molecule has 1 heterocycles. The van der Waals surface area contributed by atoms with Crippen molar-refractivity contribution in [2.75, 3.05) is 33.0 Å². The van der Waals surface area contributed by atoms with Gasteiger partial charge >= 0.3 is 6.09 Å². The summed E-state index contributed by atoms with van der Waals surface area (Å²) in [5.41, 5.74) is 3.25. The average Bonchev–Trinajstić information content (AvgIpc) is 4.04. The number of hydrogen-bond donors (Lipinski definition) is 3. The number of amides is 2. The van der Waals surface area contributed by atoms with Crippen molar-refractivity contribution < 1.29 is 43.2 Å². The minimum Gasteiger partial charge on any atom is -0.459 e. The lowest BCUT2D eigenvalue weighted by Crippen LogP contribution is -2.70. The number of nitrogens with zero attached hydrogens (tertiary/aromatic N) is 2. The van der Waals surface area contributed by atoms with Gasteiger partial charge in [0.1, 0.15) is 30.0 Å². The van der Waals surface area contributed by atoms with Gasteiger partial charge in [0.05, 0.1) is 18.2 Å². The molecular formula is C43H56FN3O8. The van der Waals surface area contributed by atoms with E-state index in [4.69, 9.17) is 24.2 Å². The molecule has 55 heavy (non-hydrogen) atoms. The second-order valence-corrected chi connectivity index (χ2v) is 15.0. The Hall–Kier alpha value is -4.26. The molecule has 6 unspecified atom stereocenters. The monoisotopic (exact) mass is 761 g/mol. The summed E-state index contributed by atoms with van der Waals surface area (Å²) in [6, 6.07) is 10.9. The smallest absolute Gasteiger partial charge is 0.412 e. The molecule has 4 aliphatic rings. The fourth-order valence-corrected chi connectivity index (χ4v) is 8.83. The summed E-state index contributed by atoms with van der Waals surface area (Å²) in [4.78, 5) is 34.9. The number of aliphatic hydroxyl groups excluding tert-OH is 2. The van der Waals surface area contributed by atoms with E-state index in [0.717, 1.165) is 55.2 Å². The lowest BCUT2D eigenvalue weighted by atomic mass is 9.55. The number of aliphatic hydroxyl groups is 2. The van der Waals surface area contributed by atoms with Gasteiger partial charge in [-0.15, -0.1) is 6.58 Å². The summed E-state index contributed by atoms with van der Waals surface area (Å²) < 4.78 is 34.1. The van der Waals surface area contributed by atoms with Crippen LogP contribution in [0.2, 0.25) is 0 Å². The molecule has 0 bridgehead atoms. The van der Waals surface area contributed by atoms with Gasteiger partial charge in [0.2, 0.25) is 11.7 Å². The average molecular weight is 762 g/mol. The molecule has 3 aliphatic carbocycles. The first-order valence-electron chi connectivity index (χ1n) is 20.0. The number of rotatable bonds is 19. The van der Waals surface area contributed by atoms with Crippen LogP contribution in [0.5, 0.6) is 11.5 Å². The lowest BCUT2D eigenvalue weighted by Gasteiger charge is -2.60. The Morgan fingerprint density at radius 2 is 1.82 bits per heavy atom. The largest absolute Gasteiger partial charge is 0.459 e. The molecular weight excluding hydrogens is 705 g/mol. The van der Waals surface area contributed by atoms with Crippen molar-refractivity contribution in [3.63, 3.8) is 0 Å². The number of oxime groups is 1. The van der Waals surface area contributed by atoms with Crippen LogP contribution in [-0.4, -0.2) is 77.6 Å². The number of nitrogens with one attached hydrogen (secondary N) is 1. The summed E-state index contributed by atoms with van der Waals surface area (Å²) in [6.07, 6.45) is 9.72. The molecule has 0 saturated heterocycles. The Kier molecular flexibility index (Phi) is 13.7. The van der Waals surface area contributed by atoms with Crippen molar-refractivity contribution >= 4 is 17.7 Å². The van der Waals surface area contributed by atoms with E-state index in [-0.39, 0.29) is 68.2 Å². The predicted octanol–water partition coefficient (Wildman–Crippen LogP) is 7.03. The summed E-state index contributed by atoms with van der Waals surface area (Å²) in [5.74, 6) is -1.69. The molecule has 3 N–H and O–H groups in total. The van der Waals surface area contributed by atoms with Crippen LogP contribution >= 0.6 is 0 Å². The number of allylic oxidation sites excluding steroid dienone is 1. The normalized spacial score (nSPS) is 25.9. The fourth-order valence-electron chi connectivity index (χ4n) is 8.83. The maximum absolute atomic E-state index is 14.6. The van der Waals surface area contributed by atoms with Crippen molar-refractivity contribution in [3.8, 4) is 11.5 Å². The number of benzene rings is 2. The van der Waals surface area contributed by atoms with Gasteiger partial charge in [0.15, 0.2) is 0 Å². The number of ether oxygens (including phenoxy) is 3. The third-order valence-electron chi connectivity index (χ3n) is 11.3. The van der Waals surface area contributed by atoms with Gasteiger partial charge in [0, 0.05) is 50.1 Å². The van der Waals surface area contributed by atoms with E-state index in [1.807, 2.05) is 30.9 Å². The van der Waals surface area contributed by atoms with Crippen molar-refractivity contribution in [1.82, 2.24) is 10.2 Å². The minimum atomic E-state index is -1.42. The topological polar surface area (TPSA) is 139 Å². The Morgan fingerprint density at radius 3 is 2.49 bits per heavy atom. The quantitative estimate of drug-likeness (QED) is 0.0789. The zero-order chi connectivity index (χ0) is 39.0. The van der Waals surface area contributed by atoms with Gasteiger partial charge in [0.25, 0.3) is 0 Å². The molecule has 11 nitrogen and oxygen atoms in total. The molecule has 0 aromatic heterocycles. The first-order chi connectivity index (χ1) is 26.8. The number of halogens is 1. The molecule has 1 aliphatic heterocycles. The maximum atomic E-state index is 14.6. The van der Waals surface area contributed by atoms with Crippen LogP contribution in [0, 0.1) is 29.5 Å². The van der Waals surface area contributed by atoms with Gasteiger partial charge in [-0.05, 0) is 106 Å². The third-order valence-corrected chi connectivity index (χ3v) is 11.3. The summed E-state index contributed by atoms with van der Waals surface area (Å²) in [7, 11) is 0. The standard InChI is InChI=1S/C43H56FN3O8/c1-4-23-52-43-38(47(41(50)29-15-16-29)27-28-13-17-31(44)18-14-28)26-36(46-53-6-3)34-24-30(11-7-9-21-48)33(12-8-10-22-49)39(40(34)43)35-25-32(19-20-37(35)55-43)54-42(51)45-5-2/h4,13-14,17-20,24-25,29-30,33,38-40,48-49H,1,5-12,15-16,21-23,26-27H2,2-3H3,(H,45,51). The fraction of sp³-hybridized carbons (Fsp3) is 0.558. The van der Waals surface area contributed by atoms with E-state index >= 15 is 0 Å². The van der Waals surface area contributed by atoms with Crippen molar-refractivity contribution in [2.24, 2.45) is 28.8 Å². The van der Waals surface area contributed by atoms with Gasteiger partial charge < -0.3 is 39.5 Å². The van der Waals surface area contributed by atoms with E-state index in [0.29, 0.717) is 43.2 Å². The molecule has 6 rings (SSSR count). The summed E-state index contributed by atoms with van der Waals surface area (Å²) in [6.45, 7) is 8.95. The van der Waals surface area contributed by atoms with Gasteiger partial charge in [-0.2, -0.15) is 0 Å². The molecule has 2 amide bonds. The number of carbonyl (C=O) groups excluding carboxylic acids is 2. The number of unbranched alkanes of at least 4 members (excludes halogenated alkanes) is 2. The highest BCUT2D eigenvalue weighted by Crippen LogP contribution is 2.62. The third kappa shape index (κ3) is 8.92. The van der Waals surface area contributed by atoms with E-state index in [1.54, 1.807) is 24.3 Å². The number of hydrogen-bond acceptors (Lipinski definition) is 9. The van der Waals surface area contributed by atoms with Crippen LogP contribution in [0.25, 0.3) is 0 Å². The molecule has 0 spiro atoms. The first-order valence-corrected chi connectivity index (χ1v) is 20.0. The van der Waals surface area contributed by atoms with E-state index in [2.05, 4.69) is 18.0 Å². The highest BCUT2D eigenvalue weighted by atomic mass is 19.1. The highest BCUT2D eigenvalue weighted by molar-refractivity contribution is 6.03. The van der Waals surface area contributed by atoms with Crippen LogP contribution in [0.3, 0.4) is 0 Å². The lowest BCUT2D eigenvalue weighted by molar-refractivity contribution is -0.258. The van der Waals surface area contributed by atoms with Crippen molar-refractivity contribution in [2.45, 2.75) is 95.9 Å². The Balaban J connectivity index is 1.59. The number of carbonyl (C=O) groups is 2. The maximum Gasteiger partial charge on any atom is 0.412 e. The van der Waals surface area contributed by atoms with Crippen LogP contribution < -0.4 is 14.8 Å². The van der Waals surface area contributed by atoms with Crippen LogP contribution in [0.1, 0.15) is 88.7 Å². The van der Waals surface area contributed by atoms with Crippen LogP contribution in [0.4, 0.5) is 9.18 Å².